The number of hydrogen-bond acceptors (Lipinski definition) is 6. The second-order valence-electron chi connectivity index (χ2n) is 4.38. The van der Waals surface area contributed by atoms with Gasteiger partial charge in [0.1, 0.15) is 12.2 Å². The molecule has 1 aliphatic heterocycles. The maximum atomic E-state index is 11.1. The minimum atomic E-state index is -0.673. The van der Waals surface area contributed by atoms with Gasteiger partial charge in [-0.05, 0) is 6.42 Å². The molecule has 0 radical (unpaired) electrons. The average Bonchev–Trinajstić information content (AvgIpc) is 2.64. The number of rotatable bonds is 2. The molecule has 0 N–H and O–H groups in total. The van der Waals surface area contributed by atoms with Gasteiger partial charge >= 0.3 is 17.9 Å². The zero-order chi connectivity index (χ0) is 12.6. The molecule has 6 nitrogen and oxygen atoms in total. The fourth-order valence-corrected chi connectivity index (χ4v) is 2.49. The van der Waals surface area contributed by atoms with E-state index in [2.05, 4.69) is 0 Å². The summed E-state index contributed by atoms with van der Waals surface area (Å²) in [5.41, 5.74) is 0. The van der Waals surface area contributed by atoms with Crippen LogP contribution in [0.2, 0.25) is 0 Å². The Morgan fingerprint density at radius 2 is 1.88 bits per heavy atom. The Balaban J connectivity index is 2.10. The molecule has 1 heterocycles. The average molecular weight is 242 g/mol. The summed E-state index contributed by atoms with van der Waals surface area (Å²) < 4.78 is 15.3. The Labute approximate surface area is 98.2 Å². The van der Waals surface area contributed by atoms with Crippen LogP contribution in [0.3, 0.4) is 0 Å². The molecule has 2 aliphatic rings. The van der Waals surface area contributed by atoms with Gasteiger partial charge in [0.05, 0.1) is 6.42 Å². The van der Waals surface area contributed by atoms with Crippen molar-refractivity contribution in [2.45, 2.75) is 45.0 Å². The van der Waals surface area contributed by atoms with Crippen molar-refractivity contribution in [1.29, 1.82) is 0 Å². The first kappa shape index (κ1) is 11.9. The maximum Gasteiger partial charge on any atom is 0.306 e. The number of ether oxygens (including phenoxy) is 3. The molecule has 2 fully saturated rings. The van der Waals surface area contributed by atoms with E-state index in [0.29, 0.717) is 12.8 Å². The van der Waals surface area contributed by atoms with E-state index in [1.165, 1.54) is 13.8 Å². The second kappa shape index (κ2) is 4.35. The maximum absolute atomic E-state index is 11.1. The largest absolute Gasteiger partial charge is 0.458 e. The monoisotopic (exact) mass is 242 g/mol. The highest BCUT2D eigenvalue weighted by Crippen LogP contribution is 2.40. The summed E-state index contributed by atoms with van der Waals surface area (Å²) in [6.07, 6.45) is -0.878. The van der Waals surface area contributed by atoms with Crippen molar-refractivity contribution >= 4 is 17.9 Å². The van der Waals surface area contributed by atoms with Crippen molar-refractivity contribution in [3.8, 4) is 0 Å². The van der Waals surface area contributed by atoms with Crippen LogP contribution in [0.15, 0.2) is 0 Å². The van der Waals surface area contributed by atoms with Crippen molar-refractivity contribution in [1.82, 2.24) is 0 Å². The fraction of sp³-hybridized carbons (Fsp3) is 0.727. The SMILES string of the molecule is CC(=O)O[C@H]1[C@@H]2OC(=O)C[C@@H]2C[C@H]1OC(C)=O. The third kappa shape index (κ3) is 2.40. The van der Waals surface area contributed by atoms with E-state index < -0.39 is 30.3 Å². The Bertz CT molecular complexity index is 363. The Hall–Kier alpha value is -1.59. The summed E-state index contributed by atoms with van der Waals surface area (Å²) in [4.78, 5) is 33.1. The number of esters is 3. The summed E-state index contributed by atoms with van der Waals surface area (Å²) in [6, 6.07) is 0. The zero-order valence-electron chi connectivity index (χ0n) is 9.67. The van der Waals surface area contributed by atoms with Crippen molar-refractivity contribution in [2.24, 2.45) is 5.92 Å². The molecule has 0 aromatic carbocycles. The molecule has 6 heteroatoms. The van der Waals surface area contributed by atoms with E-state index in [-0.39, 0.29) is 11.9 Å². The van der Waals surface area contributed by atoms with Crippen LogP contribution in [0.4, 0.5) is 0 Å². The highest BCUT2D eigenvalue weighted by Gasteiger charge is 2.53. The lowest BCUT2D eigenvalue weighted by molar-refractivity contribution is -0.172. The van der Waals surface area contributed by atoms with Crippen LogP contribution in [0, 0.1) is 5.92 Å². The van der Waals surface area contributed by atoms with Gasteiger partial charge in [-0.1, -0.05) is 0 Å². The van der Waals surface area contributed by atoms with E-state index >= 15 is 0 Å². The highest BCUT2D eigenvalue weighted by molar-refractivity contribution is 5.73. The lowest BCUT2D eigenvalue weighted by Gasteiger charge is -2.22. The van der Waals surface area contributed by atoms with Crippen LogP contribution in [-0.2, 0) is 28.6 Å². The predicted octanol–water partition coefficient (Wildman–Crippen LogP) is 0.185. The van der Waals surface area contributed by atoms with Crippen LogP contribution >= 0.6 is 0 Å². The molecule has 0 bridgehead atoms. The van der Waals surface area contributed by atoms with E-state index in [0.717, 1.165) is 0 Å². The first-order chi connectivity index (χ1) is 7.97. The van der Waals surface area contributed by atoms with Gasteiger partial charge in [-0.2, -0.15) is 0 Å². The third-order valence-corrected chi connectivity index (χ3v) is 3.01. The van der Waals surface area contributed by atoms with Gasteiger partial charge < -0.3 is 14.2 Å². The first-order valence-electron chi connectivity index (χ1n) is 5.51. The van der Waals surface area contributed by atoms with Crippen LogP contribution in [0.5, 0.6) is 0 Å². The summed E-state index contributed by atoms with van der Waals surface area (Å²) >= 11 is 0. The fourth-order valence-electron chi connectivity index (χ4n) is 2.49. The summed E-state index contributed by atoms with van der Waals surface area (Å²) in [5.74, 6) is -1.23. The summed E-state index contributed by atoms with van der Waals surface area (Å²) in [6.45, 7) is 2.57. The van der Waals surface area contributed by atoms with Crippen molar-refractivity contribution < 1.29 is 28.6 Å². The quantitative estimate of drug-likeness (QED) is 0.508. The molecule has 1 aliphatic carbocycles. The van der Waals surface area contributed by atoms with Crippen molar-refractivity contribution in [3.05, 3.63) is 0 Å². The molecule has 1 saturated carbocycles. The molecule has 94 valence electrons. The van der Waals surface area contributed by atoms with Gasteiger partial charge in [0.2, 0.25) is 0 Å². The van der Waals surface area contributed by atoms with E-state index in [1.807, 2.05) is 0 Å². The second-order valence-corrected chi connectivity index (χ2v) is 4.38. The third-order valence-electron chi connectivity index (χ3n) is 3.01. The number of carbonyl (C=O) groups excluding carboxylic acids is 3. The highest BCUT2D eigenvalue weighted by atomic mass is 16.6. The van der Waals surface area contributed by atoms with Crippen LogP contribution in [-0.4, -0.2) is 36.2 Å². The predicted molar refractivity (Wildman–Crippen MR) is 53.7 cm³/mol. The minimum absolute atomic E-state index is 0.0313. The molecule has 0 spiro atoms. The van der Waals surface area contributed by atoms with Gasteiger partial charge in [0, 0.05) is 19.8 Å². The molecule has 2 rings (SSSR count). The summed E-state index contributed by atoms with van der Waals surface area (Å²) in [5, 5.41) is 0. The molecule has 1 saturated heterocycles. The molecule has 0 unspecified atom stereocenters. The van der Waals surface area contributed by atoms with Gasteiger partial charge in [-0.3, -0.25) is 14.4 Å². The zero-order valence-corrected chi connectivity index (χ0v) is 9.67. The van der Waals surface area contributed by atoms with E-state index in [4.69, 9.17) is 14.2 Å². The lowest BCUT2D eigenvalue weighted by Crippen LogP contribution is -2.37. The molecular weight excluding hydrogens is 228 g/mol. The first-order valence-corrected chi connectivity index (χ1v) is 5.51. The van der Waals surface area contributed by atoms with Crippen LogP contribution in [0.25, 0.3) is 0 Å². The molecule has 4 atom stereocenters. The van der Waals surface area contributed by atoms with E-state index in [9.17, 15) is 14.4 Å². The molecule has 17 heavy (non-hydrogen) atoms. The number of hydrogen-bond donors (Lipinski definition) is 0. The minimum Gasteiger partial charge on any atom is -0.458 e. The smallest absolute Gasteiger partial charge is 0.306 e. The topological polar surface area (TPSA) is 78.9 Å². The van der Waals surface area contributed by atoms with E-state index in [1.54, 1.807) is 0 Å². The Morgan fingerprint density at radius 3 is 2.47 bits per heavy atom. The van der Waals surface area contributed by atoms with Crippen LogP contribution < -0.4 is 0 Å². The number of fused-ring (bicyclic) bond motifs is 1. The molecular formula is C11H14O6. The van der Waals surface area contributed by atoms with Gasteiger partial charge in [0.15, 0.2) is 6.10 Å². The molecule has 0 amide bonds. The number of carbonyl (C=O) groups is 3. The Morgan fingerprint density at radius 1 is 1.24 bits per heavy atom. The van der Waals surface area contributed by atoms with Gasteiger partial charge in [0.25, 0.3) is 0 Å². The van der Waals surface area contributed by atoms with Crippen molar-refractivity contribution in [3.63, 3.8) is 0 Å². The summed E-state index contributed by atoms with van der Waals surface area (Å²) in [7, 11) is 0. The Kier molecular flexibility index (Phi) is 3.04. The standard InChI is InChI=1S/C11H14O6/c1-5(12)15-8-3-7-4-9(14)17-10(7)11(8)16-6(2)13/h7-8,10-11H,3-4H2,1-2H3/t7-,8+,10+,11+/m0/s1. The lowest BCUT2D eigenvalue weighted by atomic mass is 10.0. The van der Waals surface area contributed by atoms with Gasteiger partial charge in [-0.15, -0.1) is 0 Å². The van der Waals surface area contributed by atoms with Crippen molar-refractivity contribution in [2.75, 3.05) is 0 Å². The van der Waals surface area contributed by atoms with Crippen LogP contribution in [0.1, 0.15) is 26.7 Å². The molecule has 0 aromatic heterocycles. The normalized spacial score (nSPS) is 35.1. The molecule has 0 aromatic rings. The van der Waals surface area contributed by atoms with Gasteiger partial charge in [-0.25, -0.2) is 0 Å².